The molecule has 0 aliphatic rings. The number of ether oxygens (including phenoxy) is 2. The average Bonchev–Trinajstić information content (AvgIpc) is 3.09. The smallest absolute Gasteiger partial charge is 0.254 e. The van der Waals surface area contributed by atoms with Crippen LogP contribution in [0.25, 0.3) is 11.5 Å². The minimum atomic E-state index is -0.588. The van der Waals surface area contributed by atoms with Crippen LogP contribution in [0.1, 0.15) is 16.2 Å². The fraction of sp³-hybridized carbons (Fsp3) is 0.118. The molecule has 3 rings (SSSR count). The van der Waals surface area contributed by atoms with Crippen molar-refractivity contribution in [1.82, 2.24) is 10.2 Å². The summed E-state index contributed by atoms with van der Waals surface area (Å²) < 4.78 is 16.4. The monoisotopic (exact) mass is 378 g/mol. The summed E-state index contributed by atoms with van der Waals surface area (Å²) in [6.45, 7) is 0.0108. The third-order valence-electron chi connectivity index (χ3n) is 3.30. The van der Waals surface area contributed by atoms with Crippen LogP contribution in [0.15, 0.2) is 46.9 Å². The number of aromatic nitrogens is 2. The van der Waals surface area contributed by atoms with Gasteiger partial charge in [0.25, 0.3) is 11.1 Å². The lowest BCUT2D eigenvalue weighted by molar-refractivity contribution is 0.108. The molecular formula is C17H12Cl2N2O4. The molecule has 0 unspecified atom stereocenters. The molecule has 2 aromatic carbocycles. The highest BCUT2D eigenvalue weighted by Gasteiger charge is 2.13. The minimum Gasteiger partial charge on any atom is -0.493 e. The number of rotatable bonds is 6. The van der Waals surface area contributed by atoms with Gasteiger partial charge in [0.15, 0.2) is 18.1 Å². The first-order valence-corrected chi connectivity index (χ1v) is 7.91. The van der Waals surface area contributed by atoms with Crippen LogP contribution in [-0.4, -0.2) is 22.5 Å². The SMILES string of the molecule is COc1ccc(C(=O)Cl)cc1OCc1nnc(-c2ccc(Cl)cc2)o1. The van der Waals surface area contributed by atoms with E-state index in [1.165, 1.54) is 13.2 Å². The van der Waals surface area contributed by atoms with Crippen molar-refractivity contribution < 1.29 is 18.7 Å². The lowest BCUT2D eigenvalue weighted by Crippen LogP contribution is -2.00. The molecule has 3 aromatic rings. The highest BCUT2D eigenvalue weighted by molar-refractivity contribution is 6.67. The van der Waals surface area contributed by atoms with Gasteiger partial charge in [0.1, 0.15) is 0 Å². The van der Waals surface area contributed by atoms with Gasteiger partial charge in [0, 0.05) is 16.1 Å². The molecule has 0 N–H and O–H groups in total. The zero-order chi connectivity index (χ0) is 17.8. The van der Waals surface area contributed by atoms with E-state index in [9.17, 15) is 4.79 Å². The van der Waals surface area contributed by atoms with Gasteiger partial charge < -0.3 is 13.9 Å². The van der Waals surface area contributed by atoms with Crippen LogP contribution >= 0.6 is 23.2 Å². The Morgan fingerprint density at radius 3 is 2.56 bits per heavy atom. The molecule has 1 heterocycles. The highest BCUT2D eigenvalue weighted by atomic mass is 35.5. The number of hydrogen-bond donors (Lipinski definition) is 0. The molecule has 0 bridgehead atoms. The number of benzene rings is 2. The van der Waals surface area contributed by atoms with Crippen LogP contribution in [0.3, 0.4) is 0 Å². The summed E-state index contributed by atoms with van der Waals surface area (Å²) >= 11 is 11.3. The molecule has 0 spiro atoms. The number of hydrogen-bond acceptors (Lipinski definition) is 6. The number of nitrogens with zero attached hydrogens (tertiary/aromatic N) is 2. The van der Waals surface area contributed by atoms with E-state index in [1.54, 1.807) is 36.4 Å². The van der Waals surface area contributed by atoms with E-state index >= 15 is 0 Å². The van der Waals surface area contributed by atoms with E-state index in [2.05, 4.69) is 10.2 Å². The lowest BCUT2D eigenvalue weighted by Gasteiger charge is -2.09. The molecule has 1 aromatic heterocycles. The molecule has 0 fully saturated rings. The summed E-state index contributed by atoms with van der Waals surface area (Å²) in [7, 11) is 1.50. The Kier molecular flexibility index (Phi) is 5.21. The van der Waals surface area contributed by atoms with E-state index in [1.807, 2.05) is 0 Å². The Morgan fingerprint density at radius 2 is 1.88 bits per heavy atom. The summed E-state index contributed by atoms with van der Waals surface area (Å²) in [5.41, 5.74) is 1.04. The number of carbonyl (C=O) groups excluding carboxylic acids is 1. The van der Waals surface area contributed by atoms with Gasteiger partial charge in [-0.25, -0.2) is 0 Å². The quantitative estimate of drug-likeness (QED) is 0.593. The van der Waals surface area contributed by atoms with Gasteiger partial charge in [-0.2, -0.15) is 0 Å². The van der Waals surface area contributed by atoms with E-state index in [0.29, 0.717) is 28.0 Å². The third kappa shape index (κ3) is 4.10. The largest absolute Gasteiger partial charge is 0.493 e. The zero-order valence-electron chi connectivity index (χ0n) is 13.0. The predicted octanol–water partition coefficient (Wildman–Crippen LogP) is 4.36. The molecule has 0 saturated carbocycles. The van der Waals surface area contributed by atoms with Crippen molar-refractivity contribution in [3.05, 3.63) is 58.9 Å². The molecule has 25 heavy (non-hydrogen) atoms. The van der Waals surface area contributed by atoms with Crippen molar-refractivity contribution in [2.45, 2.75) is 6.61 Å². The van der Waals surface area contributed by atoms with Crippen LogP contribution in [0.2, 0.25) is 5.02 Å². The van der Waals surface area contributed by atoms with Crippen molar-refractivity contribution in [1.29, 1.82) is 0 Å². The topological polar surface area (TPSA) is 74.5 Å². The van der Waals surface area contributed by atoms with Crippen molar-refractivity contribution in [3.8, 4) is 23.0 Å². The van der Waals surface area contributed by atoms with E-state index in [4.69, 9.17) is 37.1 Å². The highest BCUT2D eigenvalue weighted by Crippen LogP contribution is 2.29. The molecule has 128 valence electrons. The first-order chi connectivity index (χ1) is 12.1. The normalized spacial score (nSPS) is 10.5. The molecule has 0 aliphatic carbocycles. The Morgan fingerprint density at radius 1 is 1.12 bits per heavy atom. The maximum Gasteiger partial charge on any atom is 0.254 e. The molecule has 6 nitrogen and oxygen atoms in total. The molecule has 0 saturated heterocycles. The van der Waals surface area contributed by atoms with Gasteiger partial charge in [0.2, 0.25) is 5.89 Å². The van der Waals surface area contributed by atoms with E-state index in [-0.39, 0.29) is 12.5 Å². The van der Waals surface area contributed by atoms with Gasteiger partial charge in [-0.05, 0) is 54.1 Å². The summed E-state index contributed by atoms with van der Waals surface area (Å²) in [6, 6.07) is 11.7. The second kappa shape index (κ2) is 7.55. The molecule has 8 heteroatoms. The number of halogens is 2. The van der Waals surface area contributed by atoms with Crippen molar-refractivity contribution >= 4 is 28.4 Å². The Labute approximate surface area is 153 Å². The molecule has 0 aliphatic heterocycles. The van der Waals surface area contributed by atoms with Crippen molar-refractivity contribution in [2.75, 3.05) is 7.11 Å². The Hall–Kier alpha value is -2.57. The summed E-state index contributed by atoms with van der Waals surface area (Å²) in [5.74, 6) is 1.43. The second-order valence-electron chi connectivity index (χ2n) is 4.94. The van der Waals surface area contributed by atoms with Crippen LogP contribution in [0.5, 0.6) is 11.5 Å². The maximum atomic E-state index is 11.3. The maximum absolute atomic E-state index is 11.3. The fourth-order valence-electron chi connectivity index (χ4n) is 2.07. The van der Waals surface area contributed by atoms with Gasteiger partial charge >= 0.3 is 0 Å². The first-order valence-electron chi connectivity index (χ1n) is 7.16. The van der Waals surface area contributed by atoms with Gasteiger partial charge in [-0.15, -0.1) is 10.2 Å². The number of methoxy groups -OCH3 is 1. The van der Waals surface area contributed by atoms with Crippen LogP contribution < -0.4 is 9.47 Å². The Bertz CT molecular complexity index is 894. The Balaban J connectivity index is 1.75. The molecule has 0 atom stereocenters. The molecule has 0 radical (unpaired) electrons. The van der Waals surface area contributed by atoms with E-state index < -0.39 is 5.24 Å². The van der Waals surface area contributed by atoms with Gasteiger partial charge in [-0.1, -0.05) is 11.6 Å². The van der Waals surface area contributed by atoms with E-state index in [0.717, 1.165) is 5.56 Å². The third-order valence-corrected chi connectivity index (χ3v) is 3.77. The lowest BCUT2D eigenvalue weighted by atomic mass is 10.2. The minimum absolute atomic E-state index is 0.0108. The van der Waals surface area contributed by atoms with Crippen LogP contribution in [0, 0.1) is 0 Å². The van der Waals surface area contributed by atoms with Crippen LogP contribution in [-0.2, 0) is 6.61 Å². The summed E-state index contributed by atoms with van der Waals surface area (Å²) in [5, 5.41) is 7.94. The van der Waals surface area contributed by atoms with Gasteiger partial charge in [0.05, 0.1) is 7.11 Å². The standard InChI is InChI=1S/C17H12Cl2N2O4/c1-23-13-7-4-11(16(19)22)8-14(13)24-9-15-20-21-17(25-15)10-2-5-12(18)6-3-10/h2-8H,9H2,1H3. The van der Waals surface area contributed by atoms with Gasteiger partial charge in [-0.3, -0.25) is 4.79 Å². The molecular weight excluding hydrogens is 367 g/mol. The van der Waals surface area contributed by atoms with Crippen LogP contribution in [0.4, 0.5) is 0 Å². The molecule has 0 amide bonds. The first kappa shape index (κ1) is 17.3. The predicted molar refractivity (Wildman–Crippen MR) is 92.3 cm³/mol. The second-order valence-corrected chi connectivity index (χ2v) is 5.72. The summed E-state index contributed by atoms with van der Waals surface area (Å²) in [4.78, 5) is 11.3. The average molecular weight is 379 g/mol. The van der Waals surface area contributed by atoms with Crippen molar-refractivity contribution in [2.24, 2.45) is 0 Å². The van der Waals surface area contributed by atoms with Crippen molar-refractivity contribution in [3.63, 3.8) is 0 Å². The number of carbonyl (C=O) groups is 1. The fourth-order valence-corrected chi connectivity index (χ4v) is 2.32. The zero-order valence-corrected chi connectivity index (χ0v) is 14.5. The summed E-state index contributed by atoms with van der Waals surface area (Å²) in [6.07, 6.45) is 0.